The Balaban J connectivity index is 2.39. The van der Waals surface area contributed by atoms with Crippen LogP contribution in [0.5, 0.6) is 5.75 Å². The molecule has 1 atom stereocenters. The molecule has 23 heavy (non-hydrogen) atoms. The van der Waals surface area contributed by atoms with Crippen molar-refractivity contribution in [3.8, 4) is 5.75 Å². The second-order valence-electron chi connectivity index (χ2n) is 5.62. The van der Waals surface area contributed by atoms with Gasteiger partial charge >= 0.3 is 6.18 Å². The van der Waals surface area contributed by atoms with Gasteiger partial charge < -0.3 is 15.2 Å². The summed E-state index contributed by atoms with van der Waals surface area (Å²) < 4.78 is 45.4. The first-order valence-electron chi connectivity index (χ1n) is 7.78. The van der Waals surface area contributed by atoms with E-state index in [1.54, 1.807) is 6.07 Å². The molecule has 1 aromatic rings. The number of benzene rings is 1. The molecule has 1 fully saturated rings. The first-order valence-corrected chi connectivity index (χ1v) is 7.78. The number of hydrogen-bond donors (Lipinski definition) is 2. The maximum Gasteiger partial charge on any atom is 0.416 e. The number of aliphatic hydroxyl groups is 1. The molecular formula is C16H23F3N2O2. The second-order valence-corrected chi connectivity index (χ2v) is 5.62. The molecule has 0 spiro atoms. The third-order valence-corrected chi connectivity index (χ3v) is 4.15. The molecule has 1 aliphatic rings. The molecule has 0 saturated carbocycles. The standard InChI is InChI=1S/C16H23F3N2O2/c1-23-12-4-5-13(14(11-12)16(17,18)19)15(3-2-10-22)21-8-6-20-7-9-21/h4-5,11,15,20,22H,2-3,6-10H2,1H3/t15-/m1/s1. The predicted molar refractivity (Wildman–Crippen MR) is 81.5 cm³/mol. The van der Waals surface area contributed by atoms with Gasteiger partial charge in [-0.3, -0.25) is 4.90 Å². The molecule has 0 radical (unpaired) electrons. The van der Waals surface area contributed by atoms with Crippen LogP contribution in [0.2, 0.25) is 0 Å². The lowest BCUT2D eigenvalue weighted by molar-refractivity contribution is -0.139. The molecule has 0 aliphatic carbocycles. The minimum Gasteiger partial charge on any atom is -0.497 e. The number of piperazine rings is 1. The van der Waals surface area contributed by atoms with Crippen molar-refractivity contribution >= 4 is 0 Å². The second kappa shape index (κ2) is 7.99. The summed E-state index contributed by atoms with van der Waals surface area (Å²) in [5.74, 6) is 0.197. The molecule has 130 valence electrons. The molecule has 4 nitrogen and oxygen atoms in total. The molecule has 0 aromatic heterocycles. The molecule has 2 N–H and O–H groups in total. The molecular weight excluding hydrogens is 309 g/mol. The van der Waals surface area contributed by atoms with E-state index in [0.717, 1.165) is 19.2 Å². The van der Waals surface area contributed by atoms with Crippen molar-refractivity contribution in [1.82, 2.24) is 10.2 Å². The lowest BCUT2D eigenvalue weighted by Crippen LogP contribution is -2.45. The Morgan fingerprint density at radius 3 is 2.57 bits per heavy atom. The Labute approximate surface area is 134 Å². The van der Waals surface area contributed by atoms with Crippen LogP contribution >= 0.6 is 0 Å². The summed E-state index contributed by atoms with van der Waals surface area (Å²) in [5.41, 5.74) is -0.396. The van der Waals surface area contributed by atoms with Gasteiger partial charge in [-0.2, -0.15) is 13.2 Å². The van der Waals surface area contributed by atoms with E-state index >= 15 is 0 Å². The van der Waals surface area contributed by atoms with Crippen LogP contribution in [0.25, 0.3) is 0 Å². The van der Waals surface area contributed by atoms with Crippen LogP contribution in [-0.4, -0.2) is 49.9 Å². The summed E-state index contributed by atoms with van der Waals surface area (Å²) in [6.07, 6.45) is -3.47. The van der Waals surface area contributed by atoms with Gasteiger partial charge in [0.1, 0.15) is 5.75 Å². The van der Waals surface area contributed by atoms with Crippen molar-refractivity contribution in [2.45, 2.75) is 25.1 Å². The van der Waals surface area contributed by atoms with E-state index in [-0.39, 0.29) is 24.0 Å². The molecule has 7 heteroatoms. The van der Waals surface area contributed by atoms with Crippen molar-refractivity contribution in [2.24, 2.45) is 0 Å². The first kappa shape index (κ1) is 18.0. The van der Waals surface area contributed by atoms with E-state index in [4.69, 9.17) is 9.84 Å². The lowest BCUT2D eigenvalue weighted by Gasteiger charge is -2.36. The van der Waals surface area contributed by atoms with Crippen LogP contribution in [0.15, 0.2) is 18.2 Å². The summed E-state index contributed by atoms with van der Waals surface area (Å²) in [6, 6.07) is 3.78. The van der Waals surface area contributed by atoms with Crippen LogP contribution in [0, 0.1) is 0 Å². The minimum atomic E-state index is -4.44. The summed E-state index contributed by atoms with van der Waals surface area (Å²) in [6.45, 7) is 2.87. The highest BCUT2D eigenvalue weighted by molar-refractivity contribution is 5.39. The number of nitrogens with zero attached hydrogens (tertiary/aromatic N) is 1. The number of methoxy groups -OCH3 is 1. The fourth-order valence-corrected chi connectivity index (χ4v) is 3.01. The van der Waals surface area contributed by atoms with Crippen LogP contribution in [0.4, 0.5) is 13.2 Å². The van der Waals surface area contributed by atoms with Gasteiger partial charge in [-0.1, -0.05) is 6.07 Å². The third-order valence-electron chi connectivity index (χ3n) is 4.15. The minimum absolute atomic E-state index is 0.0277. The van der Waals surface area contributed by atoms with Gasteiger partial charge in [-0.25, -0.2) is 0 Å². The van der Waals surface area contributed by atoms with Crippen LogP contribution in [0.1, 0.15) is 30.0 Å². The maximum atomic E-state index is 13.5. The fraction of sp³-hybridized carbons (Fsp3) is 0.625. The number of ether oxygens (including phenoxy) is 1. The quantitative estimate of drug-likeness (QED) is 0.840. The van der Waals surface area contributed by atoms with Gasteiger partial charge in [0.2, 0.25) is 0 Å². The molecule has 1 aliphatic heterocycles. The van der Waals surface area contributed by atoms with Crippen LogP contribution in [-0.2, 0) is 6.18 Å². The zero-order valence-electron chi connectivity index (χ0n) is 13.2. The molecule has 1 heterocycles. The molecule has 0 amide bonds. The largest absolute Gasteiger partial charge is 0.497 e. The van der Waals surface area contributed by atoms with Crippen molar-refractivity contribution in [3.63, 3.8) is 0 Å². The van der Waals surface area contributed by atoms with E-state index in [2.05, 4.69) is 10.2 Å². The fourth-order valence-electron chi connectivity index (χ4n) is 3.01. The Bertz CT molecular complexity index is 503. The molecule has 2 rings (SSSR count). The number of halogens is 3. The highest BCUT2D eigenvalue weighted by Gasteiger charge is 2.37. The van der Waals surface area contributed by atoms with E-state index in [0.29, 0.717) is 25.9 Å². The lowest BCUT2D eigenvalue weighted by atomic mass is 9.94. The van der Waals surface area contributed by atoms with E-state index < -0.39 is 11.7 Å². The smallest absolute Gasteiger partial charge is 0.416 e. The average Bonchev–Trinajstić information content (AvgIpc) is 2.55. The topological polar surface area (TPSA) is 44.7 Å². The third kappa shape index (κ3) is 4.59. The molecule has 0 unspecified atom stereocenters. The van der Waals surface area contributed by atoms with Crippen molar-refractivity contribution in [3.05, 3.63) is 29.3 Å². The van der Waals surface area contributed by atoms with Gasteiger partial charge in [0.05, 0.1) is 12.7 Å². The predicted octanol–water partition coefficient (Wildman–Crippen LogP) is 2.43. The normalized spacial score (nSPS) is 18.0. The Morgan fingerprint density at radius 2 is 2.00 bits per heavy atom. The van der Waals surface area contributed by atoms with E-state index in [1.807, 2.05) is 0 Å². The Kier molecular flexibility index (Phi) is 6.26. The SMILES string of the molecule is COc1ccc([C@@H](CCCO)N2CCNCC2)c(C(F)(F)F)c1. The number of nitrogens with one attached hydrogen (secondary N) is 1. The van der Waals surface area contributed by atoms with Gasteiger partial charge in [0.15, 0.2) is 0 Å². The monoisotopic (exact) mass is 332 g/mol. The average molecular weight is 332 g/mol. The van der Waals surface area contributed by atoms with E-state index in [9.17, 15) is 13.2 Å². The Morgan fingerprint density at radius 1 is 1.30 bits per heavy atom. The van der Waals surface area contributed by atoms with E-state index in [1.165, 1.54) is 13.2 Å². The van der Waals surface area contributed by atoms with Crippen molar-refractivity contribution in [1.29, 1.82) is 0 Å². The molecule has 1 aromatic carbocycles. The number of aliphatic hydroxyl groups excluding tert-OH is 1. The summed E-state index contributed by atoms with van der Waals surface area (Å²) in [7, 11) is 1.36. The van der Waals surface area contributed by atoms with Gasteiger partial charge in [0.25, 0.3) is 0 Å². The van der Waals surface area contributed by atoms with Crippen molar-refractivity contribution in [2.75, 3.05) is 39.9 Å². The summed E-state index contributed by atoms with van der Waals surface area (Å²) in [4.78, 5) is 2.06. The maximum absolute atomic E-state index is 13.5. The summed E-state index contributed by atoms with van der Waals surface area (Å²) >= 11 is 0. The summed E-state index contributed by atoms with van der Waals surface area (Å²) in [5, 5.41) is 12.3. The molecule has 1 saturated heterocycles. The number of hydrogen-bond acceptors (Lipinski definition) is 4. The molecule has 0 bridgehead atoms. The van der Waals surface area contributed by atoms with Gasteiger partial charge in [-0.15, -0.1) is 0 Å². The Hall–Kier alpha value is -1.31. The number of rotatable bonds is 6. The van der Waals surface area contributed by atoms with Gasteiger partial charge in [0, 0.05) is 38.8 Å². The number of alkyl halides is 3. The zero-order chi connectivity index (χ0) is 16.9. The van der Waals surface area contributed by atoms with Crippen molar-refractivity contribution < 1.29 is 23.0 Å². The van der Waals surface area contributed by atoms with Crippen LogP contribution < -0.4 is 10.1 Å². The first-order chi connectivity index (χ1) is 11.0. The highest BCUT2D eigenvalue weighted by Crippen LogP contribution is 2.39. The zero-order valence-corrected chi connectivity index (χ0v) is 13.2. The van der Waals surface area contributed by atoms with Crippen LogP contribution in [0.3, 0.4) is 0 Å². The highest BCUT2D eigenvalue weighted by atomic mass is 19.4. The van der Waals surface area contributed by atoms with Gasteiger partial charge in [-0.05, 0) is 30.5 Å².